The molecule has 0 radical (unpaired) electrons. The number of carbonyl (C=O) groups is 1. The molecule has 5 heteroatoms. The van der Waals surface area contributed by atoms with Gasteiger partial charge in [-0.05, 0) is 44.4 Å². The number of amides is 2. The highest BCUT2D eigenvalue weighted by molar-refractivity contribution is 5.74. The summed E-state index contributed by atoms with van der Waals surface area (Å²) in [6.07, 6.45) is 4.73. The second kappa shape index (κ2) is 5.89. The Hall–Kier alpha value is -0.810. The maximum Gasteiger partial charge on any atom is 0.315 e. The van der Waals surface area contributed by atoms with Crippen molar-refractivity contribution in [2.45, 2.75) is 38.1 Å². The fourth-order valence-electron chi connectivity index (χ4n) is 2.07. The molecule has 0 spiro atoms. The summed E-state index contributed by atoms with van der Waals surface area (Å²) in [5.74, 6) is 1.17. The van der Waals surface area contributed by atoms with Gasteiger partial charge < -0.3 is 20.5 Å². The number of rotatable bonds is 8. The number of nitrogens with one attached hydrogen (secondary N) is 2. The molecule has 2 saturated carbocycles. The van der Waals surface area contributed by atoms with Crippen LogP contribution in [0.25, 0.3) is 0 Å². The first-order valence-electron chi connectivity index (χ1n) is 6.88. The van der Waals surface area contributed by atoms with Crippen molar-refractivity contribution in [3.05, 3.63) is 0 Å². The summed E-state index contributed by atoms with van der Waals surface area (Å²) in [6, 6.07) is -0.214. The summed E-state index contributed by atoms with van der Waals surface area (Å²) < 4.78 is 5.43. The molecule has 2 fully saturated rings. The Bertz CT molecular complexity index is 290. The SMILES string of the molecule is CC(CO)(NC(=O)NCCOCC1CC1)C1CC1. The van der Waals surface area contributed by atoms with Crippen LogP contribution in [-0.4, -0.2) is 43.0 Å². The summed E-state index contributed by atoms with van der Waals surface area (Å²) >= 11 is 0. The molecule has 0 aromatic rings. The van der Waals surface area contributed by atoms with Gasteiger partial charge in [0, 0.05) is 13.2 Å². The fraction of sp³-hybridized carbons (Fsp3) is 0.923. The van der Waals surface area contributed by atoms with Gasteiger partial charge in [0.2, 0.25) is 0 Å². The van der Waals surface area contributed by atoms with Crippen molar-refractivity contribution < 1.29 is 14.6 Å². The summed E-state index contributed by atoms with van der Waals surface area (Å²) in [5, 5.41) is 15.0. The van der Waals surface area contributed by atoms with Crippen LogP contribution in [0.5, 0.6) is 0 Å². The van der Waals surface area contributed by atoms with Crippen molar-refractivity contribution in [3.8, 4) is 0 Å². The first-order valence-corrected chi connectivity index (χ1v) is 6.88. The number of urea groups is 1. The molecule has 0 aromatic carbocycles. The molecule has 2 amide bonds. The minimum absolute atomic E-state index is 0.0106. The number of aliphatic hydroxyl groups excluding tert-OH is 1. The summed E-state index contributed by atoms with van der Waals surface area (Å²) in [7, 11) is 0. The van der Waals surface area contributed by atoms with E-state index in [-0.39, 0.29) is 12.6 Å². The van der Waals surface area contributed by atoms with E-state index in [0.29, 0.717) is 19.1 Å². The van der Waals surface area contributed by atoms with Crippen LogP contribution in [0.4, 0.5) is 4.79 Å². The zero-order chi connectivity index (χ0) is 13.0. The zero-order valence-corrected chi connectivity index (χ0v) is 11.1. The molecule has 3 N–H and O–H groups in total. The monoisotopic (exact) mass is 256 g/mol. The normalized spacial score (nSPS) is 22.3. The predicted octanol–water partition coefficient (Wildman–Crippen LogP) is 0.873. The third-order valence-electron chi connectivity index (χ3n) is 3.79. The van der Waals surface area contributed by atoms with Gasteiger partial charge in [-0.1, -0.05) is 0 Å². The highest BCUT2D eigenvalue weighted by atomic mass is 16.5. The highest BCUT2D eigenvalue weighted by Crippen LogP contribution is 2.39. The lowest BCUT2D eigenvalue weighted by molar-refractivity contribution is 0.124. The Morgan fingerprint density at radius 2 is 2.11 bits per heavy atom. The first-order chi connectivity index (χ1) is 8.64. The van der Waals surface area contributed by atoms with Crippen LogP contribution < -0.4 is 10.6 Å². The van der Waals surface area contributed by atoms with Crippen LogP contribution >= 0.6 is 0 Å². The molecule has 0 aromatic heterocycles. The lowest BCUT2D eigenvalue weighted by Gasteiger charge is -2.28. The lowest BCUT2D eigenvalue weighted by atomic mass is 9.97. The van der Waals surface area contributed by atoms with Crippen LogP contribution in [0.3, 0.4) is 0 Å². The van der Waals surface area contributed by atoms with Crippen molar-refractivity contribution in [3.63, 3.8) is 0 Å². The van der Waals surface area contributed by atoms with Crippen LogP contribution in [0, 0.1) is 11.8 Å². The van der Waals surface area contributed by atoms with Gasteiger partial charge in [-0.15, -0.1) is 0 Å². The number of aliphatic hydroxyl groups is 1. The van der Waals surface area contributed by atoms with Gasteiger partial charge in [0.05, 0.1) is 18.8 Å². The van der Waals surface area contributed by atoms with Gasteiger partial charge in [-0.2, -0.15) is 0 Å². The van der Waals surface area contributed by atoms with Crippen molar-refractivity contribution in [1.82, 2.24) is 10.6 Å². The van der Waals surface area contributed by atoms with Gasteiger partial charge in [-0.25, -0.2) is 4.79 Å². The molecule has 0 aliphatic heterocycles. The molecular formula is C13H24N2O3. The molecule has 0 saturated heterocycles. The Balaban J connectivity index is 1.55. The Kier molecular flexibility index (Phi) is 4.45. The third kappa shape index (κ3) is 4.14. The van der Waals surface area contributed by atoms with Crippen LogP contribution in [0.15, 0.2) is 0 Å². The number of hydrogen-bond acceptors (Lipinski definition) is 3. The maximum absolute atomic E-state index is 11.7. The topological polar surface area (TPSA) is 70.6 Å². The standard InChI is InChI=1S/C13H24N2O3/c1-13(9-16,11-4-5-11)15-12(17)14-6-7-18-8-10-2-3-10/h10-11,16H,2-9H2,1H3,(H2,14,15,17). The second-order valence-electron chi connectivity index (χ2n) is 5.75. The Morgan fingerprint density at radius 1 is 1.39 bits per heavy atom. The van der Waals surface area contributed by atoms with Gasteiger partial charge in [0.15, 0.2) is 0 Å². The average Bonchev–Trinajstić information content (AvgIpc) is 3.18. The molecule has 18 heavy (non-hydrogen) atoms. The zero-order valence-electron chi connectivity index (χ0n) is 11.1. The quantitative estimate of drug-likeness (QED) is 0.564. The molecule has 2 aliphatic rings. The van der Waals surface area contributed by atoms with E-state index in [1.165, 1.54) is 12.8 Å². The van der Waals surface area contributed by atoms with E-state index in [0.717, 1.165) is 25.4 Å². The first kappa shape index (κ1) is 13.6. The van der Waals surface area contributed by atoms with Crippen molar-refractivity contribution in [2.75, 3.05) is 26.4 Å². The van der Waals surface area contributed by atoms with Crippen molar-refractivity contribution in [1.29, 1.82) is 0 Å². The van der Waals surface area contributed by atoms with Gasteiger partial charge >= 0.3 is 6.03 Å². The maximum atomic E-state index is 11.7. The number of ether oxygens (including phenoxy) is 1. The largest absolute Gasteiger partial charge is 0.394 e. The molecule has 0 heterocycles. The predicted molar refractivity (Wildman–Crippen MR) is 68.3 cm³/mol. The van der Waals surface area contributed by atoms with Gasteiger partial charge in [0.1, 0.15) is 0 Å². The van der Waals surface area contributed by atoms with E-state index in [1.807, 2.05) is 6.92 Å². The molecule has 5 nitrogen and oxygen atoms in total. The molecule has 1 atom stereocenters. The molecule has 2 aliphatic carbocycles. The minimum Gasteiger partial charge on any atom is -0.394 e. The smallest absolute Gasteiger partial charge is 0.315 e. The number of carbonyl (C=O) groups excluding carboxylic acids is 1. The molecule has 1 unspecified atom stereocenters. The molecule has 104 valence electrons. The van der Waals surface area contributed by atoms with Gasteiger partial charge in [-0.3, -0.25) is 0 Å². The highest BCUT2D eigenvalue weighted by Gasteiger charge is 2.42. The molecular weight excluding hydrogens is 232 g/mol. The van der Waals surface area contributed by atoms with E-state index in [4.69, 9.17) is 4.74 Å². The van der Waals surface area contributed by atoms with Crippen LogP contribution in [0.2, 0.25) is 0 Å². The summed E-state index contributed by atoms with van der Waals surface area (Å²) in [5.41, 5.74) is -0.473. The van der Waals surface area contributed by atoms with Crippen molar-refractivity contribution >= 4 is 6.03 Å². The Morgan fingerprint density at radius 3 is 2.67 bits per heavy atom. The van der Waals surface area contributed by atoms with E-state index >= 15 is 0 Å². The van der Waals surface area contributed by atoms with E-state index < -0.39 is 5.54 Å². The van der Waals surface area contributed by atoms with Crippen molar-refractivity contribution in [2.24, 2.45) is 11.8 Å². The van der Waals surface area contributed by atoms with E-state index in [9.17, 15) is 9.90 Å². The Labute approximate surface area is 108 Å². The summed E-state index contributed by atoms with van der Waals surface area (Å²) in [4.78, 5) is 11.7. The van der Waals surface area contributed by atoms with Gasteiger partial charge in [0.25, 0.3) is 0 Å². The van der Waals surface area contributed by atoms with E-state index in [2.05, 4.69) is 10.6 Å². The van der Waals surface area contributed by atoms with E-state index in [1.54, 1.807) is 0 Å². The lowest BCUT2D eigenvalue weighted by Crippen LogP contribution is -2.54. The summed E-state index contributed by atoms with van der Waals surface area (Å²) in [6.45, 7) is 3.78. The minimum atomic E-state index is -0.473. The second-order valence-corrected chi connectivity index (χ2v) is 5.75. The molecule has 2 rings (SSSR count). The molecule has 0 bridgehead atoms. The van der Waals surface area contributed by atoms with Crippen LogP contribution in [0.1, 0.15) is 32.6 Å². The number of hydrogen-bond donors (Lipinski definition) is 3. The third-order valence-corrected chi connectivity index (χ3v) is 3.79. The fourth-order valence-corrected chi connectivity index (χ4v) is 2.07. The average molecular weight is 256 g/mol. The van der Waals surface area contributed by atoms with Crippen LogP contribution in [-0.2, 0) is 4.74 Å².